The quantitative estimate of drug-likeness (QED) is 0.662. The van der Waals surface area contributed by atoms with Crippen LogP contribution in [0.15, 0.2) is 66.1 Å². The Hall–Kier alpha value is -2.67. The van der Waals surface area contributed by atoms with Crippen molar-refractivity contribution in [3.05, 3.63) is 72.3 Å². The van der Waals surface area contributed by atoms with Gasteiger partial charge in [-0.2, -0.15) is 0 Å². The summed E-state index contributed by atoms with van der Waals surface area (Å²) in [6.07, 6.45) is 3.95. The molecule has 3 aromatic rings. The molecule has 0 bridgehead atoms. The van der Waals surface area contributed by atoms with Gasteiger partial charge in [0.05, 0.1) is 0 Å². The number of carbonyl (C=O) groups is 1. The molecule has 1 amide bonds. The zero-order valence-electron chi connectivity index (χ0n) is 13.9. The lowest BCUT2D eigenvalue weighted by molar-refractivity contribution is -0.115. The van der Waals surface area contributed by atoms with E-state index in [2.05, 4.69) is 15.5 Å². The van der Waals surface area contributed by atoms with Crippen LogP contribution in [0.2, 0.25) is 0 Å². The Kier molecular flexibility index (Phi) is 4.71. The molecule has 1 aliphatic rings. The van der Waals surface area contributed by atoms with Gasteiger partial charge in [0.25, 0.3) is 0 Å². The molecule has 1 unspecified atom stereocenters. The summed E-state index contributed by atoms with van der Waals surface area (Å²) >= 11 is 1.38. The van der Waals surface area contributed by atoms with Crippen molar-refractivity contribution in [1.29, 1.82) is 0 Å². The van der Waals surface area contributed by atoms with Gasteiger partial charge in [-0.05, 0) is 42.7 Å². The Balaban J connectivity index is 1.59. The number of nitrogens with zero attached hydrogens (tertiary/aromatic N) is 3. The Morgan fingerprint density at radius 1 is 1.15 bits per heavy atom. The summed E-state index contributed by atoms with van der Waals surface area (Å²) in [6.45, 7) is 0. The van der Waals surface area contributed by atoms with Crippen LogP contribution in [-0.4, -0.2) is 20.7 Å². The fraction of sp³-hybridized carbons (Fsp3) is 0.211. The lowest BCUT2D eigenvalue weighted by Crippen LogP contribution is -2.19. The SMILES string of the molecule is O=C(Nc1ccc(F)cc1)C(Sc1nncn1C1CC1)c1ccccc1. The molecule has 0 aliphatic heterocycles. The van der Waals surface area contributed by atoms with E-state index in [-0.39, 0.29) is 11.7 Å². The van der Waals surface area contributed by atoms with Crippen LogP contribution in [0.25, 0.3) is 0 Å². The van der Waals surface area contributed by atoms with Crippen LogP contribution in [0.3, 0.4) is 0 Å². The topological polar surface area (TPSA) is 59.8 Å². The number of hydrogen-bond acceptors (Lipinski definition) is 4. The van der Waals surface area contributed by atoms with Crippen LogP contribution in [0, 0.1) is 5.82 Å². The molecule has 1 N–H and O–H groups in total. The number of amides is 1. The summed E-state index contributed by atoms with van der Waals surface area (Å²) in [5, 5.41) is 11.3. The number of anilines is 1. The minimum Gasteiger partial charge on any atom is -0.325 e. The number of halogens is 1. The Morgan fingerprint density at radius 2 is 1.88 bits per heavy atom. The monoisotopic (exact) mass is 368 g/mol. The third kappa shape index (κ3) is 3.77. The van der Waals surface area contributed by atoms with E-state index in [1.807, 2.05) is 34.9 Å². The molecule has 132 valence electrons. The third-order valence-electron chi connectivity index (χ3n) is 4.16. The van der Waals surface area contributed by atoms with Crippen LogP contribution < -0.4 is 5.32 Å². The molecule has 1 heterocycles. The zero-order valence-corrected chi connectivity index (χ0v) is 14.7. The van der Waals surface area contributed by atoms with E-state index < -0.39 is 5.25 Å². The van der Waals surface area contributed by atoms with Crippen molar-refractivity contribution in [1.82, 2.24) is 14.8 Å². The van der Waals surface area contributed by atoms with Crippen molar-refractivity contribution in [2.24, 2.45) is 0 Å². The second kappa shape index (κ2) is 7.29. The van der Waals surface area contributed by atoms with Crippen molar-refractivity contribution < 1.29 is 9.18 Å². The number of rotatable bonds is 6. The number of nitrogens with one attached hydrogen (secondary N) is 1. The highest BCUT2D eigenvalue weighted by molar-refractivity contribution is 8.00. The zero-order chi connectivity index (χ0) is 17.9. The fourth-order valence-electron chi connectivity index (χ4n) is 2.67. The van der Waals surface area contributed by atoms with Crippen LogP contribution in [0.5, 0.6) is 0 Å². The van der Waals surface area contributed by atoms with Gasteiger partial charge >= 0.3 is 0 Å². The second-order valence-electron chi connectivity index (χ2n) is 6.16. The predicted octanol–water partition coefficient (Wildman–Crippen LogP) is 4.22. The Labute approximate surface area is 154 Å². The van der Waals surface area contributed by atoms with Gasteiger partial charge in [-0.15, -0.1) is 10.2 Å². The number of hydrogen-bond donors (Lipinski definition) is 1. The first-order valence-electron chi connectivity index (χ1n) is 8.38. The predicted molar refractivity (Wildman–Crippen MR) is 98.4 cm³/mol. The van der Waals surface area contributed by atoms with Crippen LogP contribution in [-0.2, 0) is 4.79 Å². The molecule has 26 heavy (non-hydrogen) atoms. The average Bonchev–Trinajstić information content (AvgIpc) is 3.40. The second-order valence-corrected chi connectivity index (χ2v) is 7.23. The van der Waals surface area contributed by atoms with Gasteiger partial charge in [-0.3, -0.25) is 4.79 Å². The Morgan fingerprint density at radius 3 is 2.58 bits per heavy atom. The first kappa shape index (κ1) is 16.8. The molecule has 0 radical (unpaired) electrons. The number of benzene rings is 2. The molecule has 7 heteroatoms. The van der Waals surface area contributed by atoms with E-state index in [0.29, 0.717) is 11.7 Å². The van der Waals surface area contributed by atoms with E-state index >= 15 is 0 Å². The van der Waals surface area contributed by atoms with Crippen molar-refractivity contribution >= 4 is 23.4 Å². The summed E-state index contributed by atoms with van der Waals surface area (Å²) < 4.78 is 15.1. The maximum Gasteiger partial charge on any atom is 0.242 e. The highest BCUT2D eigenvalue weighted by atomic mass is 32.2. The average molecular weight is 368 g/mol. The molecule has 1 aliphatic carbocycles. The van der Waals surface area contributed by atoms with Crippen molar-refractivity contribution in [2.75, 3.05) is 5.32 Å². The molecular weight excluding hydrogens is 351 g/mol. The molecule has 1 aromatic heterocycles. The molecule has 1 fully saturated rings. The number of carbonyl (C=O) groups excluding carboxylic acids is 1. The number of aromatic nitrogens is 3. The molecule has 2 aromatic carbocycles. The molecular formula is C19H17FN4OS. The van der Waals surface area contributed by atoms with E-state index in [9.17, 15) is 9.18 Å². The van der Waals surface area contributed by atoms with Gasteiger partial charge in [0.15, 0.2) is 5.16 Å². The van der Waals surface area contributed by atoms with E-state index in [1.165, 1.54) is 23.9 Å². The van der Waals surface area contributed by atoms with Crippen molar-refractivity contribution in [2.45, 2.75) is 29.3 Å². The molecule has 0 spiro atoms. The summed E-state index contributed by atoms with van der Waals surface area (Å²) in [7, 11) is 0. The highest BCUT2D eigenvalue weighted by Gasteiger charge is 2.30. The van der Waals surface area contributed by atoms with Crippen LogP contribution in [0.4, 0.5) is 10.1 Å². The molecule has 1 saturated carbocycles. The largest absolute Gasteiger partial charge is 0.325 e. The molecule has 0 saturated heterocycles. The van der Waals surface area contributed by atoms with Crippen molar-refractivity contribution in [3.8, 4) is 0 Å². The minimum absolute atomic E-state index is 0.182. The van der Waals surface area contributed by atoms with Crippen LogP contribution >= 0.6 is 11.8 Å². The minimum atomic E-state index is -0.483. The summed E-state index contributed by atoms with van der Waals surface area (Å²) in [4.78, 5) is 12.9. The van der Waals surface area contributed by atoms with Gasteiger partial charge in [-0.1, -0.05) is 42.1 Å². The lowest BCUT2D eigenvalue weighted by atomic mass is 10.1. The maximum absolute atomic E-state index is 13.1. The van der Waals surface area contributed by atoms with E-state index in [4.69, 9.17) is 0 Å². The standard InChI is InChI=1S/C19H17FN4OS/c20-14-6-8-15(9-7-14)22-18(25)17(13-4-2-1-3-5-13)26-19-23-21-12-24(19)16-10-11-16/h1-9,12,16-17H,10-11H2,(H,22,25). The number of thioether (sulfide) groups is 1. The van der Waals surface area contributed by atoms with Gasteiger partial charge in [0.1, 0.15) is 17.4 Å². The summed E-state index contributed by atoms with van der Waals surface area (Å²) in [6, 6.07) is 15.7. The van der Waals surface area contributed by atoms with Gasteiger partial charge in [-0.25, -0.2) is 4.39 Å². The molecule has 4 rings (SSSR count). The lowest BCUT2D eigenvalue weighted by Gasteiger charge is -2.17. The smallest absolute Gasteiger partial charge is 0.242 e. The molecule has 1 atom stereocenters. The third-order valence-corrected chi connectivity index (χ3v) is 5.38. The first-order valence-corrected chi connectivity index (χ1v) is 9.26. The Bertz CT molecular complexity index is 893. The first-order chi connectivity index (χ1) is 12.7. The molecule has 5 nitrogen and oxygen atoms in total. The van der Waals surface area contributed by atoms with Gasteiger partial charge in [0.2, 0.25) is 5.91 Å². The van der Waals surface area contributed by atoms with E-state index in [0.717, 1.165) is 23.6 Å². The fourth-order valence-corrected chi connectivity index (χ4v) is 3.75. The summed E-state index contributed by atoms with van der Waals surface area (Å²) in [5.41, 5.74) is 1.43. The normalized spacial score (nSPS) is 14.8. The maximum atomic E-state index is 13.1. The van der Waals surface area contributed by atoms with Crippen LogP contribution in [0.1, 0.15) is 29.7 Å². The van der Waals surface area contributed by atoms with E-state index in [1.54, 1.807) is 18.5 Å². The highest BCUT2D eigenvalue weighted by Crippen LogP contribution is 2.41. The summed E-state index contributed by atoms with van der Waals surface area (Å²) in [5.74, 6) is -0.521. The van der Waals surface area contributed by atoms with Gasteiger partial charge < -0.3 is 9.88 Å². The van der Waals surface area contributed by atoms with Crippen molar-refractivity contribution in [3.63, 3.8) is 0 Å². The van der Waals surface area contributed by atoms with Gasteiger partial charge in [0, 0.05) is 11.7 Å².